The fourth-order valence-corrected chi connectivity index (χ4v) is 3.77. The van der Waals surface area contributed by atoms with Gasteiger partial charge in [0.15, 0.2) is 11.6 Å². The van der Waals surface area contributed by atoms with Gasteiger partial charge in [0.1, 0.15) is 11.3 Å². The van der Waals surface area contributed by atoms with Gasteiger partial charge in [0.25, 0.3) is 10.2 Å². The number of benzene rings is 1. The topological polar surface area (TPSA) is 135 Å². The van der Waals surface area contributed by atoms with Crippen LogP contribution in [0.3, 0.4) is 0 Å². The van der Waals surface area contributed by atoms with Crippen LogP contribution >= 0.6 is 0 Å². The summed E-state index contributed by atoms with van der Waals surface area (Å²) in [7, 11) is -2.78. The van der Waals surface area contributed by atoms with Crippen LogP contribution in [0.5, 0.6) is 5.75 Å². The first-order valence-electron chi connectivity index (χ1n) is 9.93. The van der Waals surface area contributed by atoms with Gasteiger partial charge in [-0.15, -0.1) is 0 Å². The molecule has 0 atom stereocenters. The van der Waals surface area contributed by atoms with Crippen molar-refractivity contribution in [1.29, 1.82) is 0 Å². The van der Waals surface area contributed by atoms with Gasteiger partial charge < -0.3 is 9.15 Å². The third-order valence-corrected chi connectivity index (χ3v) is 6.01. The van der Waals surface area contributed by atoms with Gasteiger partial charge in [0.2, 0.25) is 0 Å². The molecule has 3 aromatic rings. The molecule has 4 rings (SSSR count). The third-order valence-electron chi connectivity index (χ3n) is 5.01. The molecule has 1 aromatic carbocycles. The van der Waals surface area contributed by atoms with Crippen molar-refractivity contribution in [1.82, 2.24) is 9.71 Å². The highest BCUT2D eigenvalue weighted by Gasteiger charge is 2.19. The molecule has 0 saturated carbocycles. The second-order valence-electron chi connectivity index (χ2n) is 7.14. The molecule has 3 heterocycles. The summed E-state index contributed by atoms with van der Waals surface area (Å²) in [5.74, 6) is -0.940. The summed E-state index contributed by atoms with van der Waals surface area (Å²) in [5, 5.41) is 0.650. The normalized spacial score (nSPS) is 13.7. The lowest BCUT2D eigenvalue weighted by atomic mass is 10.00. The molecule has 2 aromatic heterocycles. The molecule has 0 aliphatic carbocycles. The molecule has 10 nitrogen and oxygen atoms in total. The number of amidine groups is 1. The van der Waals surface area contributed by atoms with E-state index < -0.39 is 27.5 Å². The van der Waals surface area contributed by atoms with Crippen LogP contribution in [-0.4, -0.2) is 39.2 Å². The van der Waals surface area contributed by atoms with Crippen LogP contribution in [0.2, 0.25) is 0 Å². The third kappa shape index (κ3) is 4.91. The minimum atomic E-state index is -3.96. The Bertz CT molecular complexity index is 1450. The average Bonchev–Trinajstić information content (AvgIpc) is 2.79. The fraction of sp³-hybridized carbons (Fsp3) is 0.238. The SMILES string of the molecule is CNS(=O)(=O)Nc1nccc(Cc2c(C)c3ccc(OC4=NCCC=N4)cc3oc2=O)c1F. The largest absolute Gasteiger partial charge is 0.424 e. The number of anilines is 1. The molecule has 33 heavy (non-hydrogen) atoms. The van der Waals surface area contributed by atoms with Crippen molar-refractivity contribution in [3.05, 3.63) is 63.4 Å². The summed E-state index contributed by atoms with van der Waals surface area (Å²) in [6.07, 6.45) is 3.61. The second kappa shape index (κ2) is 9.08. The van der Waals surface area contributed by atoms with Crippen LogP contribution in [0.4, 0.5) is 10.2 Å². The van der Waals surface area contributed by atoms with Gasteiger partial charge in [-0.2, -0.15) is 8.42 Å². The van der Waals surface area contributed by atoms with Crippen molar-refractivity contribution in [2.45, 2.75) is 19.8 Å². The molecular formula is C21H20FN5O5S. The summed E-state index contributed by atoms with van der Waals surface area (Å²) < 4.78 is 53.4. The van der Waals surface area contributed by atoms with Crippen LogP contribution in [0.1, 0.15) is 23.1 Å². The van der Waals surface area contributed by atoms with Crippen LogP contribution in [0.15, 0.2) is 49.7 Å². The van der Waals surface area contributed by atoms with E-state index in [2.05, 4.69) is 15.0 Å². The predicted octanol–water partition coefficient (Wildman–Crippen LogP) is 2.31. The lowest BCUT2D eigenvalue weighted by molar-refractivity contribution is 0.526. The van der Waals surface area contributed by atoms with Gasteiger partial charge in [-0.25, -0.2) is 28.9 Å². The molecule has 1 aliphatic heterocycles. The standard InChI is InChI=1S/C21H20FN5O5S/c1-12-15-5-4-14(31-21-25-7-3-8-26-21)11-17(15)32-20(28)16(12)10-13-6-9-24-19(18(13)22)27-33(29,30)23-2/h4-7,9,11,23H,3,8,10H2,1-2H3,(H,24,27). The van der Waals surface area contributed by atoms with Crippen molar-refractivity contribution in [3.8, 4) is 5.75 Å². The number of pyridine rings is 1. The molecule has 0 spiro atoms. The van der Waals surface area contributed by atoms with E-state index in [9.17, 15) is 17.6 Å². The Morgan fingerprint density at radius 1 is 1.27 bits per heavy atom. The molecule has 0 fully saturated rings. The molecular weight excluding hydrogens is 453 g/mol. The van der Waals surface area contributed by atoms with Gasteiger partial charge in [0.05, 0.1) is 0 Å². The molecule has 12 heteroatoms. The highest BCUT2D eigenvalue weighted by molar-refractivity contribution is 7.90. The van der Waals surface area contributed by atoms with Crippen molar-refractivity contribution < 1.29 is 22.0 Å². The van der Waals surface area contributed by atoms with E-state index in [1.807, 2.05) is 9.44 Å². The van der Waals surface area contributed by atoms with Gasteiger partial charge in [-0.3, -0.25) is 4.72 Å². The van der Waals surface area contributed by atoms with E-state index in [0.717, 1.165) is 6.42 Å². The molecule has 0 bridgehead atoms. The van der Waals surface area contributed by atoms with Gasteiger partial charge in [0, 0.05) is 55.9 Å². The zero-order valence-electron chi connectivity index (χ0n) is 17.8. The van der Waals surface area contributed by atoms with E-state index in [-0.39, 0.29) is 23.6 Å². The number of nitrogens with zero attached hydrogens (tertiary/aromatic N) is 3. The minimum absolute atomic E-state index is 0.0849. The second-order valence-corrected chi connectivity index (χ2v) is 8.76. The summed E-state index contributed by atoms with van der Waals surface area (Å²) >= 11 is 0. The molecule has 0 radical (unpaired) electrons. The molecule has 0 saturated heterocycles. The van der Waals surface area contributed by atoms with E-state index in [0.29, 0.717) is 28.8 Å². The summed E-state index contributed by atoms with van der Waals surface area (Å²) in [6.45, 7) is 2.32. The number of aromatic nitrogens is 1. The number of ether oxygens (including phenoxy) is 1. The fourth-order valence-electron chi connectivity index (χ4n) is 3.27. The summed E-state index contributed by atoms with van der Waals surface area (Å²) in [6, 6.07) is 6.60. The summed E-state index contributed by atoms with van der Waals surface area (Å²) in [4.78, 5) is 24.7. The highest BCUT2D eigenvalue weighted by atomic mass is 32.2. The molecule has 172 valence electrons. The van der Waals surface area contributed by atoms with Crippen molar-refractivity contribution in [2.75, 3.05) is 18.3 Å². The number of halogens is 1. The van der Waals surface area contributed by atoms with Crippen LogP contribution in [0.25, 0.3) is 11.0 Å². The lowest BCUT2D eigenvalue weighted by Crippen LogP contribution is -2.27. The van der Waals surface area contributed by atoms with Crippen molar-refractivity contribution in [2.24, 2.45) is 9.98 Å². The van der Waals surface area contributed by atoms with Gasteiger partial charge >= 0.3 is 11.6 Å². The average molecular weight is 473 g/mol. The number of aliphatic imine (C=N–C) groups is 2. The Morgan fingerprint density at radius 2 is 2.09 bits per heavy atom. The molecule has 0 amide bonds. The van der Waals surface area contributed by atoms with Crippen LogP contribution < -0.4 is 19.8 Å². The van der Waals surface area contributed by atoms with Crippen molar-refractivity contribution >= 4 is 39.2 Å². The number of fused-ring (bicyclic) bond motifs is 1. The first kappa shape index (κ1) is 22.6. The molecule has 0 unspecified atom stereocenters. The number of rotatable bonds is 6. The number of hydrogen-bond donors (Lipinski definition) is 2. The zero-order valence-corrected chi connectivity index (χ0v) is 18.6. The van der Waals surface area contributed by atoms with Crippen LogP contribution in [0, 0.1) is 12.7 Å². The Hall–Kier alpha value is -3.64. The number of nitrogens with one attached hydrogen (secondary N) is 2. The van der Waals surface area contributed by atoms with E-state index in [1.165, 1.54) is 19.3 Å². The van der Waals surface area contributed by atoms with E-state index in [4.69, 9.17) is 9.15 Å². The van der Waals surface area contributed by atoms with E-state index >= 15 is 0 Å². The predicted molar refractivity (Wildman–Crippen MR) is 122 cm³/mol. The molecule has 2 N–H and O–H groups in total. The first-order chi connectivity index (χ1) is 15.8. The summed E-state index contributed by atoms with van der Waals surface area (Å²) in [5.41, 5.74) is 0.594. The Labute approximate surface area is 188 Å². The lowest BCUT2D eigenvalue weighted by Gasteiger charge is -2.12. The number of aryl methyl sites for hydroxylation is 1. The smallest absolute Gasteiger partial charge is 0.340 e. The number of hydrogen-bond acceptors (Lipinski definition) is 8. The van der Waals surface area contributed by atoms with E-state index in [1.54, 1.807) is 31.3 Å². The highest BCUT2D eigenvalue weighted by Crippen LogP contribution is 2.27. The van der Waals surface area contributed by atoms with Gasteiger partial charge in [-0.1, -0.05) is 0 Å². The zero-order chi connectivity index (χ0) is 23.6. The minimum Gasteiger partial charge on any atom is -0.424 e. The van der Waals surface area contributed by atoms with Gasteiger partial charge in [-0.05, 0) is 36.2 Å². The Kier molecular flexibility index (Phi) is 6.20. The Morgan fingerprint density at radius 3 is 2.82 bits per heavy atom. The molecule has 1 aliphatic rings. The van der Waals surface area contributed by atoms with Crippen LogP contribution in [-0.2, 0) is 16.6 Å². The van der Waals surface area contributed by atoms with Crippen molar-refractivity contribution in [3.63, 3.8) is 0 Å². The maximum absolute atomic E-state index is 14.9. The first-order valence-corrected chi connectivity index (χ1v) is 11.4. The monoisotopic (exact) mass is 473 g/mol. The maximum Gasteiger partial charge on any atom is 0.340 e. The quantitative estimate of drug-likeness (QED) is 0.528. The Balaban J connectivity index is 1.66. The maximum atomic E-state index is 14.9.